The largest absolute Gasteiger partial charge is 0.376 e. The van der Waals surface area contributed by atoms with Gasteiger partial charge in [0.1, 0.15) is 0 Å². The number of para-hydroxylation sites is 1. The Hall–Kier alpha value is -2.09. The zero-order valence-corrected chi connectivity index (χ0v) is 15.5. The molecule has 26 heavy (non-hydrogen) atoms. The van der Waals surface area contributed by atoms with Crippen molar-refractivity contribution in [2.24, 2.45) is 0 Å². The van der Waals surface area contributed by atoms with Gasteiger partial charge in [-0.3, -0.25) is 9.52 Å². The van der Waals surface area contributed by atoms with Crippen LogP contribution in [0.2, 0.25) is 5.02 Å². The summed E-state index contributed by atoms with van der Waals surface area (Å²) in [4.78, 5) is 12.5. The number of amides is 1. The molecule has 1 aliphatic heterocycles. The summed E-state index contributed by atoms with van der Waals surface area (Å²) in [7, 11) is -3.86. The molecule has 3 rings (SSSR count). The molecule has 2 aromatic rings. The lowest BCUT2D eigenvalue weighted by Crippen LogP contribution is -2.32. The van der Waals surface area contributed by atoms with Crippen molar-refractivity contribution in [3.63, 3.8) is 0 Å². The molecule has 1 heterocycles. The molecule has 0 radical (unpaired) electrons. The highest BCUT2D eigenvalue weighted by molar-refractivity contribution is 7.92. The van der Waals surface area contributed by atoms with Crippen LogP contribution in [0.15, 0.2) is 53.4 Å². The quantitative estimate of drug-likeness (QED) is 0.788. The SMILES string of the molecule is O=C(NC[C@@H]1CCCO1)c1ccccc1NS(=O)(=O)c1cccc(Cl)c1. The second-order valence-electron chi connectivity index (χ2n) is 5.95. The van der Waals surface area contributed by atoms with E-state index in [0.29, 0.717) is 18.2 Å². The van der Waals surface area contributed by atoms with Gasteiger partial charge >= 0.3 is 0 Å². The van der Waals surface area contributed by atoms with Gasteiger partial charge in [-0.2, -0.15) is 0 Å². The van der Waals surface area contributed by atoms with E-state index in [2.05, 4.69) is 10.0 Å². The van der Waals surface area contributed by atoms with Crippen molar-refractivity contribution in [3.05, 3.63) is 59.1 Å². The number of rotatable bonds is 6. The van der Waals surface area contributed by atoms with Crippen LogP contribution in [-0.2, 0) is 14.8 Å². The van der Waals surface area contributed by atoms with Crippen molar-refractivity contribution in [1.82, 2.24) is 5.32 Å². The number of sulfonamides is 1. The fourth-order valence-electron chi connectivity index (χ4n) is 2.72. The molecule has 2 aromatic carbocycles. The van der Waals surface area contributed by atoms with Crippen LogP contribution in [0, 0.1) is 0 Å². The minimum Gasteiger partial charge on any atom is -0.376 e. The number of hydrogen-bond acceptors (Lipinski definition) is 4. The van der Waals surface area contributed by atoms with Gasteiger partial charge in [0.25, 0.3) is 15.9 Å². The molecule has 1 amide bonds. The number of carbonyl (C=O) groups excluding carboxylic acids is 1. The summed E-state index contributed by atoms with van der Waals surface area (Å²) in [6, 6.07) is 12.4. The number of nitrogens with one attached hydrogen (secondary N) is 2. The average molecular weight is 395 g/mol. The number of hydrogen-bond donors (Lipinski definition) is 2. The molecule has 0 unspecified atom stereocenters. The van der Waals surface area contributed by atoms with Gasteiger partial charge in [0, 0.05) is 18.2 Å². The fourth-order valence-corrected chi connectivity index (χ4v) is 4.10. The Kier molecular flexibility index (Phi) is 5.80. The molecule has 138 valence electrons. The molecule has 1 atom stereocenters. The third kappa shape index (κ3) is 4.55. The molecular weight excluding hydrogens is 376 g/mol. The third-order valence-corrected chi connectivity index (χ3v) is 5.63. The number of ether oxygens (including phenoxy) is 1. The zero-order chi connectivity index (χ0) is 18.6. The molecule has 8 heteroatoms. The molecule has 0 saturated carbocycles. The lowest BCUT2D eigenvalue weighted by molar-refractivity contribution is 0.0858. The van der Waals surface area contributed by atoms with Crippen molar-refractivity contribution in [1.29, 1.82) is 0 Å². The van der Waals surface area contributed by atoms with Gasteiger partial charge in [-0.15, -0.1) is 0 Å². The first-order valence-electron chi connectivity index (χ1n) is 8.23. The summed E-state index contributed by atoms with van der Waals surface area (Å²) in [6.45, 7) is 1.10. The van der Waals surface area contributed by atoms with Crippen LogP contribution in [0.5, 0.6) is 0 Å². The highest BCUT2D eigenvalue weighted by Gasteiger charge is 2.20. The Morgan fingerprint density at radius 2 is 2.00 bits per heavy atom. The van der Waals surface area contributed by atoms with Crippen molar-refractivity contribution < 1.29 is 17.9 Å². The van der Waals surface area contributed by atoms with E-state index >= 15 is 0 Å². The van der Waals surface area contributed by atoms with E-state index in [9.17, 15) is 13.2 Å². The Morgan fingerprint density at radius 3 is 2.73 bits per heavy atom. The Bertz CT molecular complexity index is 896. The minimum atomic E-state index is -3.86. The summed E-state index contributed by atoms with van der Waals surface area (Å²) in [5.74, 6) is -0.357. The summed E-state index contributed by atoms with van der Waals surface area (Å²) in [5.41, 5.74) is 0.452. The molecule has 1 saturated heterocycles. The highest BCUT2D eigenvalue weighted by Crippen LogP contribution is 2.22. The van der Waals surface area contributed by atoms with Gasteiger partial charge in [-0.05, 0) is 43.2 Å². The molecule has 0 spiro atoms. The normalized spacial score (nSPS) is 17.0. The molecule has 6 nitrogen and oxygen atoms in total. The van der Waals surface area contributed by atoms with Gasteiger partial charge < -0.3 is 10.1 Å². The molecule has 0 bridgehead atoms. The molecule has 0 aromatic heterocycles. The van der Waals surface area contributed by atoms with Gasteiger partial charge in [0.2, 0.25) is 0 Å². The molecular formula is C18H19ClN2O4S. The number of carbonyl (C=O) groups is 1. The predicted octanol–water partition coefficient (Wildman–Crippen LogP) is 3.05. The van der Waals surface area contributed by atoms with Gasteiger partial charge in [0.15, 0.2) is 0 Å². The first-order chi connectivity index (χ1) is 12.5. The number of benzene rings is 2. The number of anilines is 1. The third-order valence-electron chi connectivity index (χ3n) is 4.04. The molecule has 2 N–H and O–H groups in total. The van der Waals surface area contributed by atoms with Crippen LogP contribution in [0.4, 0.5) is 5.69 Å². The first-order valence-corrected chi connectivity index (χ1v) is 10.1. The lowest BCUT2D eigenvalue weighted by atomic mass is 10.1. The van der Waals surface area contributed by atoms with Crippen molar-refractivity contribution in [2.75, 3.05) is 17.9 Å². The van der Waals surface area contributed by atoms with E-state index in [0.717, 1.165) is 12.8 Å². The van der Waals surface area contributed by atoms with E-state index in [1.165, 1.54) is 12.1 Å². The second kappa shape index (κ2) is 8.07. The van der Waals surface area contributed by atoms with Crippen molar-refractivity contribution >= 4 is 33.2 Å². The minimum absolute atomic E-state index is 0.00858. The average Bonchev–Trinajstić information content (AvgIpc) is 3.13. The maximum atomic E-state index is 12.6. The molecule has 0 aliphatic carbocycles. The second-order valence-corrected chi connectivity index (χ2v) is 8.07. The van der Waals surface area contributed by atoms with Crippen molar-refractivity contribution in [2.45, 2.75) is 23.8 Å². The van der Waals surface area contributed by atoms with E-state index in [4.69, 9.17) is 16.3 Å². The van der Waals surface area contributed by atoms with Gasteiger partial charge in [0.05, 0.1) is 22.3 Å². The molecule has 1 fully saturated rings. The van der Waals surface area contributed by atoms with Gasteiger partial charge in [-0.1, -0.05) is 29.8 Å². The van der Waals surface area contributed by atoms with Crippen LogP contribution >= 0.6 is 11.6 Å². The maximum absolute atomic E-state index is 12.6. The first kappa shape index (κ1) is 18.7. The fraction of sp³-hybridized carbons (Fsp3) is 0.278. The van der Waals surface area contributed by atoms with E-state index < -0.39 is 10.0 Å². The number of halogens is 1. The Balaban J connectivity index is 1.77. The van der Waals surface area contributed by atoms with Gasteiger partial charge in [-0.25, -0.2) is 8.42 Å². The van der Waals surface area contributed by atoms with Crippen LogP contribution in [-0.4, -0.2) is 33.6 Å². The summed E-state index contributed by atoms with van der Waals surface area (Å²) in [6.07, 6.45) is 1.90. The van der Waals surface area contributed by atoms with E-state index in [1.807, 2.05) is 0 Å². The van der Waals surface area contributed by atoms with Crippen LogP contribution in [0.3, 0.4) is 0 Å². The zero-order valence-electron chi connectivity index (χ0n) is 13.9. The smallest absolute Gasteiger partial charge is 0.261 e. The van der Waals surface area contributed by atoms with E-state index in [-0.39, 0.29) is 28.2 Å². The van der Waals surface area contributed by atoms with E-state index in [1.54, 1.807) is 36.4 Å². The Morgan fingerprint density at radius 1 is 1.19 bits per heavy atom. The summed E-state index contributed by atoms with van der Waals surface area (Å²) >= 11 is 5.87. The molecule has 1 aliphatic rings. The maximum Gasteiger partial charge on any atom is 0.261 e. The summed E-state index contributed by atoms with van der Waals surface area (Å²) in [5, 5.41) is 3.11. The van der Waals surface area contributed by atoms with Crippen LogP contribution < -0.4 is 10.0 Å². The predicted molar refractivity (Wildman–Crippen MR) is 100 cm³/mol. The highest BCUT2D eigenvalue weighted by atomic mass is 35.5. The van der Waals surface area contributed by atoms with Crippen LogP contribution in [0.1, 0.15) is 23.2 Å². The lowest BCUT2D eigenvalue weighted by Gasteiger charge is -2.14. The topological polar surface area (TPSA) is 84.5 Å². The monoisotopic (exact) mass is 394 g/mol. The van der Waals surface area contributed by atoms with Crippen LogP contribution in [0.25, 0.3) is 0 Å². The standard InChI is InChI=1S/C18H19ClN2O4S/c19-13-5-3-7-15(11-13)26(23,24)21-17-9-2-1-8-16(17)18(22)20-12-14-6-4-10-25-14/h1-3,5,7-9,11,14,21H,4,6,10,12H2,(H,20,22)/t14-/m0/s1. The summed E-state index contributed by atoms with van der Waals surface area (Å²) < 4.78 is 33.1. The Labute approximate surface area is 157 Å². The van der Waals surface area contributed by atoms with Crippen molar-refractivity contribution in [3.8, 4) is 0 Å².